The number of hydrogen-bond acceptors (Lipinski definition) is 4. The fourth-order valence-electron chi connectivity index (χ4n) is 1.91. The van der Waals surface area contributed by atoms with E-state index in [0.717, 1.165) is 25.3 Å². The van der Waals surface area contributed by atoms with Gasteiger partial charge < -0.3 is 10.0 Å². The van der Waals surface area contributed by atoms with Crippen LogP contribution in [0.1, 0.15) is 25.6 Å². The van der Waals surface area contributed by atoms with Gasteiger partial charge in [0.05, 0.1) is 5.92 Å². The Bertz CT molecular complexity index is 369. The van der Waals surface area contributed by atoms with Crippen LogP contribution >= 0.6 is 0 Å². The number of rotatable bonds is 3. The number of aryl methyl sites for hydroxylation is 1. The molecule has 1 aliphatic heterocycles. The van der Waals surface area contributed by atoms with Crippen LogP contribution in [0.2, 0.25) is 0 Å². The van der Waals surface area contributed by atoms with Gasteiger partial charge in [-0.3, -0.25) is 9.89 Å². The fourth-order valence-corrected chi connectivity index (χ4v) is 1.91. The Hall–Kier alpha value is -1.59. The Kier molecular flexibility index (Phi) is 3.07. The lowest BCUT2D eigenvalue weighted by Gasteiger charge is -2.28. The van der Waals surface area contributed by atoms with E-state index in [1.165, 1.54) is 0 Å². The third kappa shape index (κ3) is 2.15. The summed E-state index contributed by atoms with van der Waals surface area (Å²) in [5, 5.41) is 15.9. The fraction of sp³-hybridized carbons (Fsp3) is 0.700. The third-order valence-corrected chi connectivity index (χ3v) is 2.98. The molecule has 6 nitrogen and oxygen atoms in total. The number of carbonyl (C=O) groups is 1. The quantitative estimate of drug-likeness (QED) is 0.788. The molecule has 2 rings (SSSR count). The number of carboxylic acids is 1. The Morgan fingerprint density at radius 1 is 1.56 bits per heavy atom. The highest BCUT2D eigenvalue weighted by Gasteiger charge is 2.25. The SMILES string of the molecule is CCc1nc(N2CCC(C(=O)O)CC2)n[nH]1. The van der Waals surface area contributed by atoms with Gasteiger partial charge in [-0.15, -0.1) is 5.10 Å². The standard InChI is InChI=1S/C10H16N4O2/c1-2-8-11-10(13-12-8)14-5-3-7(4-6-14)9(15)16/h7H,2-6H2,1H3,(H,15,16)(H,11,12,13). The minimum absolute atomic E-state index is 0.208. The Morgan fingerprint density at radius 2 is 2.25 bits per heavy atom. The normalized spacial score (nSPS) is 17.7. The van der Waals surface area contributed by atoms with Gasteiger partial charge in [-0.2, -0.15) is 4.98 Å². The zero-order valence-corrected chi connectivity index (χ0v) is 9.31. The van der Waals surface area contributed by atoms with Crippen LogP contribution in [-0.2, 0) is 11.2 Å². The molecule has 2 N–H and O–H groups in total. The second-order valence-corrected chi connectivity index (χ2v) is 4.04. The lowest BCUT2D eigenvalue weighted by molar-refractivity contribution is -0.142. The minimum atomic E-state index is -0.691. The highest BCUT2D eigenvalue weighted by Crippen LogP contribution is 2.20. The van der Waals surface area contributed by atoms with Crippen LogP contribution in [0.15, 0.2) is 0 Å². The third-order valence-electron chi connectivity index (χ3n) is 2.98. The lowest BCUT2D eigenvalue weighted by Crippen LogP contribution is -2.36. The summed E-state index contributed by atoms with van der Waals surface area (Å²) in [6.45, 7) is 3.46. The van der Waals surface area contributed by atoms with Crippen molar-refractivity contribution in [2.75, 3.05) is 18.0 Å². The topological polar surface area (TPSA) is 82.1 Å². The maximum Gasteiger partial charge on any atom is 0.306 e. The average molecular weight is 224 g/mol. The van der Waals surface area contributed by atoms with E-state index in [2.05, 4.69) is 15.2 Å². The van der Waals surface area contributed by atoms with Crippen LogP contribution in [0.5, 0.6) is 0 Å². The van der Waals surface area contributed by atoms with Crippen LogP contribution in [0.3, 0.4) is 0 Å². The zero-order valence-electron chi connectivity index (χ0n) is 9.31. The molecule has 88 valence electrons. The van der Waals surface area contributed by atoms with Gasteiger partial charge >= 0.3 is 5.97 Å². The minimum Gasteiger partial charge on any atom is -0.481 e. The van der Waals surface area contributed by atoms with Crippen molar-refractivity contribution in [2.24, 2.45) is 5.92 Å². The number of aliphatic carboxylic acids is 1. The van der Waals surface area contributed by atoms with Crippen LogP contribution in [0.25, 0.3) is 0 Å². The molecule has 0 aliphatic carbocycles. The van der Waals surface area contributed by atoms with Crippen molar-refractivity contribution < 1.29 is 9.90 Å². The molecule has 0 bridgehead atoms. The highest BCUT2D eigenvalue weighted by molar-refractivity contribution is 5.70. The number of nitrogens with zero attached hydrogens (tertiary/aromatic N) is 3. The number of hydrogen-bond donors (Lipinski definition) is 2. The molecular weight excluding hydrogens is 208 g/mol. The molecule has 2 heterocycles. The molecule has 0 atom stereocenters. The van der Waals surface area contributed by atoms with Crippen molar-refractivity contribution >= 4 is 11.9 Å². The van der Waals surface area contributed by atoms with Crippen LogP contribution in [0, 0.1) is 5.92 Å². The van der Waals surface area contributed by atoms with Crippen molar-refractivity contribution in [3.63, 3.8) is 0 Å². The molecule has 0 aromatic carbocycles. The number of anilines is 1. The molecular formula is C10H16N4O2. The molecule has 0 spiro atoms. The Labute approximate surface area is 93.7 Å². The van der Waals surface area contributed by atoms with Crippen LogP contribution in [0.4, 0.5) is 5.95 Å². The average Bonchev–Trinajstić information content (AvgIpc) is 2.77. The van der Waals surface area contributed by atoms with Crippen molar-refractivity contribution in [3.8, 4) is 0 Å². The summed E-state index contributed by atoms with van der Waals surface area (Å²) in [5.74, 6) is 0.667. The van der Waals surface area contributed by atoms with Crippen molar-refractivity contribution in [3.05, 3.63) is 5.82 Å². The maximum absolute atomic E-state index is 10.8. The van der Waals surface area contributed by atoms with Gasteiger partial charge in [0.25, 0.3) is 0 Å². The molecule has 1 fully saturated rings. The molecule has 1 saturated heterocycles. The second-order valence-electron chi connectivity index (χ2n) is 4.04. The summed E-state index contributed by atoms with van der Waals surface area (Å²) in [6.07, 6.45) is 2.18. The summed E-state index contributed by atoms with van der Waals surface area (Å²) in [7, 11) is 0. The van der Waals surface area contributed by atoms with Crippen molar-refractivity contribution in [1.82, 2.24) is 15.2 Å². The maximum atomic E-state index is 10.8. The van der Waals surface area contributed by atoms with E-state index in [0.29, 0.717) is 18.8 Å². The van der Waals surface area contributed by atoms with Gasteiger partial charge in [-0.05, 0) is 12.8 Å². The van der Waals surface area contributed by atoms with E-state index in [4.69, 9.17) is 5.11 Å². The number of nitrogens with one attached hydrogen (secondary N) is 1. The van der Waals surface area contributed by atoms with E-state index < -0.39 is 5.97 Å². The summed E-state index contributed by atoms with van der Waals surface area (Å²) < 4.78 is 0. The highest BCUT2D eigenvalue weighted by atomic mass is 16.4. The van der Waals surface area contributed by atoms with Gasteiger partial charge in [0.15, 0.2) is 0 Å². The molecule has 0 saturated carbocycles. The Balaban J connectivity index is 1.96. The first-order valence-electron chi connectivity index (χ1n) is 5.59. The first-order chi connectivity index (χ1) is 7.70. The van der Waals surface area contributed by atoms with Gasteiger partial charge in [-0.1, -0.05) is 6.92 Å². The smallest absolute Gasteiger partial charge is 0.306 e. The van der Waals surface area contributed by atoms with Crippen molar-refractivity contribution in [2.45, 2.75) is 26.2 Å². The predicted octanol–water partition coefficient (Wildman–Crippen LogP) is 0.668. The molecule has 1 aromatic heterocycles. The van der Waals surface area contributed by atoms with Gasteiger partial charge in [0.1, 0.15) is 5.82 Å². The number of aromatic amines is 1. The van der Waals surface area contributed by atoms with Crippen LogP contribution < -0.4 is 4.90 Å². The summed E-state index contributed by atoms with van der Waals surface area (Å²) in [6, 6.07) is 0. The molecule has 16 heavy (non-hydrogen) atoms. The van der Waals surface area contributed by atoms with Gasteiger partial charge in [0, 0.05) is 19.5 Å². The number of piperidine rings is 1. The predicted molar refractivity (Wildman–Crippen MR) is 58.3 cm³/mol. The van der Waals surface area contributed by atoms with Gasteiger partial charge in [-0.25, -0.2) is 0 Å². The van der Waals surface area contributed by atoms with E-state index >= 15 is 0 Å². The summed E-state index contributed by atoms with van der Waals surface area (Å²) >= 11 is 0. The number of carboxylic acid groups (broad SMARTS) is 1. The number of H-pyrrole nitrogens is 1. The molecule has 0 amide bonds. The van der Waals surface area contributed by atoms with Crippen LogP contribution in [-0.4, -0.2) is 39.3 Å². The van der Waals surface area contributed by atoms with E-state index in [1.807, 2.05) is 11.8 Å². The lowest BCUT2D eigenvalue weighted by atomic mass is 9.97. The molecule has 1 aromatic rings. The monoisotopic (exact) mass is 224 g/mol. The van der Waals surface area contributed by atoms with Crippen molar-refractivity contribution in [1.29, 1.82) is 0 Å². The largest absolute Gasteiger partial charge is 0.481 e. The number of aromatic nitrogens is 3. The molecule has 0 unspecified atom stereocenters. The first kappa shape index (κ1) is 10.9. The molecule has 6 heteroatoms. The second kappa shape index (κ2) is 4.51. The van der Waals surface area contributed by atoms with E-state index in [9.17, 15) is 4.79 Å². The zero-order chi connectivity index (χ0) is 11.5. The first-order valence-corrected chi connectivity index (χ1v) is 5.59. The molecule has 1 aliphatic rings. The van der Waals surface area contributed by atoms with E-state index in [-0.39, 0.29) is 5.92 Å². The molecule has 0 radical (unpaired) electrons. The van der Waals surface area contributed by atoms with Gasteiger partial charge in [0.2, 0.25) is 5.95 Å². The van der Waals surface area contributed by atoms with E-state index in [1.54, 1.807) is 0 Å². The Morgan fingerprint density at radius 3 is 2.75 bits per heavy atom. The summed E-state index contributed by atoms with van der Waals surface area (Å²) in [4.78, 5) is 17.2. The summed E-state index contributed by atoms with van der Waals surface area (Å²) in [5.41, 5.74) is 0.